The van der Waals surface area contributed by atoms with Crippen molar-refractivity contribution in [2.75, 3.05) is 75.8 Å². The van der Waals surface area contributed by atoms with Gasteiger partial charge in [-0.15, -0.1) is 0 Å². The quantitative estimate of drug-likeness (QED) is 0.107. The highest BCUT2D eigenvalue weighted by atomic mass is 19.1. The molecule has 19 heteroatoms. The molecule has 0 saturated carbocycles. The lowest BCUT2D eigenvalue weighted by Gasteiger charge is -2.44. The Kier molecular flexibility index (Phi) is 13.8. The van der Waals surface area contributed by atoms with Crippen molar-refractivity contribution in [2.45, 2.75) is 70.0 Å². The molecule has 7 heterocycles. The number of aromatic nitrogens is 3. The molecule has 1 unspecified atom stereocenters. The summed E-state index contributed by atoms with van der Waals surface area (Å²) in [4.78, 5) is 79.5. The number of hydrogen-bond acceptors (Lipinski definition) is 12. The summed E-state index contributed by atoms with van der Waals surface area (Å²) in [5, 5.41) is 19.5. The van der Waals surface area contributed by atoms with E-state index in [1.165, 1.54) is 6.20 Å². The summed E-state index contributed by atoms with van der Waals surface area (Å²) < 4.78 is 36.5. The molecule has 17 nitrogen and oxygen atoms in total. The van der Waals surface area contributed by atoms with E-state index in [1.54, 1.807) is 33.8 Å². The highest BCUT2D eigenvalue weighted by Gasteiger charge is 2.41. The number of likely N-dealkylation sites (N-methyl/N-ethyl adjacent to an activating group) is 1. The Morgan fingerprint density at radius 1 is 0.957 bits per heavy atom. The van der Waals surface area contributed by atoms with Crippen LogP contribution in [0.1, 0.15) is 83.7 Å². The first kappa shape index (κ1) is 47.6. The van der Waals surface area contributed by atoms with Crippen LogP contribution in [0.5, 0.6) is 5.75 Å². The number of fused-ring (bicyclic) bond motifs is 2. The zero-order chi connectivity index (χ0) is 49.1. The molecule has 1 atom stereocenters. The van der Waals surface area contributed by atoms with Gasteiger partial charge in [0.25, 0.3) is 11.8 Å². The Hall–Kier alpha value is -7.46. The Balaban J connectivity index is 0.784. The van der Waals surface area contributed by atoms with Gasteiger partial charge in [-0.05, 0) is 99.7 Å². The van der Waals surface area contributed by atoms with Crippen molar-refractivity contribution in [2.24, 2.45) is 0 Å². The van der Waals surface area contributed by atoms with Crippen molar-refractivity contribution in [1.29, 1.82) is 5.26 Å². The van der Waals surface area contributed by atoms with Crippen LogP contribution in [-0.4, -0.2) is 136 Å². The molecule has 0 spiro atoms. The van der Waals surface area contributed by atoms with Crippen molar-refractivity contribution in [3.05, 3.63) is 107 Å². The fraction of sp³-hybridized carbons (Fsp3) is 0.412. The predicted molar refractivity (Wildman–Crippen MR) is 255 cm³/mol. The van der Waals surface area contributed by atoms with Crippen LogP contribution >= 0.6 is 0 Å². The number of ether oxygens (including phenoxy) is 1. The molecule has 3 saturated heterocycles. The van der Waals surface area contributed by atoms with Gasteiger partial charge in [0.15, 0.2) is 0 Å². The summed E-state index contributed by atoms with van der Waals surface area (Å²) in [6, 6.07) is 15.9. The number of imide groups is 1. The molecule has 3 fully saturated rings. The number of benzene rings is 2. The van der Waals surface area contributed by atoms with Crippen molar-refractivity contribution in [1.82, 2.24) is 39.9 Å². The second kappa shape index (κ2) is 20.2. The lowest BCUT2D eigenvalue weighted by Crippen LogP contribution is -2.61. The maximum absolute atomic E-state index is 14.9. The van der Waals surface area contributed by atoms with E-state index in [0.29, 0.717) is 86.6 Å². The molecule has 0 radical (unpaired) electrons. The van der Waals surface area contributed by atoms with Crippen LogP contribution in [0.25, 0.3) is 16.6 Å². The number of carbonyl (C=O) groups is 5. The average Bonchev–Trinajstić information content (AvgIpc) is 3.93. The minimum atomic E-state index is -0.948. The van der Waals surface area contributed by atoms with E-state index >= 15 is 0 Å². The van der Waals surface area contributed by atoms with Gasteiger partial charge in [-0.25, -0.2) is 18.3 Å². The highest BCUT2D eigenvalue weighted by Crippen LogP contribution is 2.34. The van der Waals surface area contributed by atoms with Gasteiger partial charge in [-0.3, -0.25) is 34.2 Å². The third kappa shape index (κ3) is 9.99. The summed E-state index contributed by atoms with van der Waals surface area (Å²) in [7, 11) is 1.71. The zero-order valence-electron chi connectivity index (χ0n) is 39.3. The number of nitriles is 1. The lowest BCUT2D eigenvalue weighted by atomic mass is 9.86. The molecule has 364 valence electrons. The molecule has 0 bridgehead atoms. The van der Waals surface area contributed by atoms with Crippen molar-refractivity contribution < 1.29 is 37.5 Å². The number of halogens is 2. The maximum Gasteiger partial charge on any atom is 0.255 e. The Morgan fingerprint density at radius 3 is 2.49 bits per heavy atom. The molecule has 3 aromatic heterocycles. The number of nitrogens with one attached hydrogen (secondary N) is 2. The summed E-state index contributed by atoms with van der Waals surface area (Å²) in [5.74, 6) is -2.07. The maximum atomic E-state index is 14.9. The standard InChI is InChI=1S/C51H55F2N11O6/c1-3-70-38-26-39(47-35(27-54)29-56-64(47)31-38)33-8-13-44(55-28-33)62-18-15-51(16-19-62,58-48(67)41-24-36(52)9-11-42(41)53)32-59(2)46(66)6-4-5-17-60-20-22-61(23-21-60)37-10-7-34-30-63(50(69)40(34)25-37)43-12-14-45(65)57-49(43)68/h7-11,13,24-26,28-29,31,43H,3-6,12,14-23,30,32H2,1-2H3,(H,58,67)(H,57,65,68). The van der Waals surface area contributed by atoms with Gasteiger partial charge < -0.3 is 29.7 Å². The van der Waals surface area contributed by atoms with Gasteiger partial charge in [0.2, 0.25) is 17.7 Å². The van der Waals surface area contributed by atoms with Gasteiger partial charge >= 0.3 is 0 Å². The van der Waals surface area contributed by atoms with Gasteiger partial charge in [0, 0.05) is 101 Å². The average molecular weight is 956 g/mol. The second-order valence-corrected chi connectivity index (χ2v) is 18.5. The van der Waals surface area contributed by atoms with Crippen LogP contribution < -0.4 is 25.2 Å². The number of anilines is 2. The SMILES string of the molecule is CCOc1cc(-c2ccc(N3CCC(CN(C)C(=O)CCCCN4CCN(c5ccc6c(c5)C(=O)N(C5CCC(=O)NC5=O)C6)CC4)(NC(=O)c4cc(F)ccc4F)CC3)nc2)c2c(C#N)cnn2c1. The van der Waals surface area contributed by atoms with E-state index in [1.807, 2.05) is 43.3 Å². The summed E-state index contributed by atoms with van der Waals surface area (Å²) >= 11 is 0. The minimum absolute atomic E-state index is 0.0855. The van der Waals surface area contributed by atoms with Crippen LogP contribution in [0, 0.1) is 23.0 Å². The fourth-order valence-corrected chi connectivity index (χ4v) is 10.2. The Bertz CT molecular complexity index is 2870. The molecule has 2 N–H and O–H groups in total. The number of nitrogens with zero attached hydrogens (tertiary/aromatic N) is 9. The molecule has 5 amide bonds. The number of amides is 5. The van der Waals surface area contributed by atoms with Gasteiger partial charge in [-0.2, -0.15) is 10.4 Å². The number of piperidine rings is 2. The molecule has 2 aromatic carbocycles. The first-order valence-corrected chi connectivity index (χ1v) is 23.8. The predicted octanol–water partition coefficient (Wildman–Crippen LogP) is 4.93. The fourth-order valence-electron chi connectivity index (χ4n) is 10.2. The normalized spacial score (nSPS) is 18.1. The molecule has 70 heavy (non-hydrogen) atoms. The highest BCUT2D eigenvalue weighted by molar-refractivity contribution is 6.05. The number of pyridine rings is 2. The Labute approximate surface area is 404 Å². The van der Waals surface area contributed by atoms with E-state index in [0.717, 1.165) is 79.7 Å². The van der Waals surface area contributed by atoms with E-state index in [4.69, 9.17) is 9.72 Å². The third-order valence-electron chi connectivity index (χ3n) is 14.0. The van der Waals surface area contributed by atoms with Gasteiger partial charge in [0.1, 0.15) is 35.3 Å². The zero-order valence-corrected chi connectivity index (χ0v) is 39.3. The van der Waals surface area contributed by atoms with Crippen LogP contribution in [0.15, 0.2) is 73.2 Å². The number of hydrogen-bond donors (Lipinski definition) is 2. The first-order chi connectivity index (χ1) is 33.8. The van der Waals surface area contributed by atoms with Crippen LogP contribution in [0.3, 0.4) is 0 Å². The molecule has 5 aromatic rings. The summed E-state index contributed by atoms with van der Waals surface area (Å²) in [6.07, 6.45) is 8.05. The monoisotopic (exact) mass is 955 g/mol. The summed E-state index contributed by atoms with van der Waals surface area (Å²) in [5.41, 5.74) is 3.62. The van der Waals surface area contributed by atoms with Crippen molar-refractivity contribution >= 4 is 46.6 Å². The third-order valence-corrected chi connectivity index (χ3v) is 14.0. The van der Waals surface area contributed by atoms with Gasteiger partial charge in [-0.1, -0.05) is 6.07 Å². The first-order valence-electron chi connectivity index (χ1n) is 23.8. The molecule has 4 aliphatic heterocycles. The Morgan fingerprint density at radius 2 is 1.76 bits per heavy atom. The number of carbonyl (C=O) groups excluding carboxylic acids is 5. The number of piperazine rings is 1. The van der Waals surface area contributed by atoms with E-state index in [-0.39, 0.29) is 30.7 Å². The smallest absolute Gasteiger partial charge is 0.255 e. The molecular weight excluding hydrogens is 901 g/mol. The van der Waals surface area contributed by atoms with Crippen LogP contribution in [-0.2, 0) is 20.9 Å². The van der Waals surface area contributed by atoms with Crippen LogP contribution in [0.2, 0.25) is 0 Å². The molecule has 0 aliphatic carbocycles. The van der Waals surface area contributed by atoms with Crippen LogP contribution in [0.4, 0.5) is 20.3 Å². The van der Waals surface area contributed by atoms with Crippen molar-refractivity contribution in [3.63, 3.8) is 0 Å². The lowest BCUT2D eigenvalue weighted by molar-refractivity contribution is -0.137. The van der Waals surface area contributed by atoms with E-state index in [2.05, 4.69) is 36.5 Å². The number of rotatable bonds is 15. The summed E-state index contributed by atoms with van der Waals surface area (Å²) in [6.45, 7) is 7.72. The molecular formula is C51H55F2N11O6. The largest absolute Gasteiger partial charge is 0.492 e. The second-order valence-electron chi connectivity index (χ2n) is 18.5. The van der Waals surface area contributed by atoms with Crippen molar-refractivity contribution in [3.8, 4) is 22.9 Å². The van der Waals surface area contributed by atoms with Gasteiger partial charge in [0.05, 0.1) is 41.2 Å². The van der Waals surface area contributed by atoms with E-state index in [9.17, 15) is 38.0 Å². The molecule has 9 rings (SSSR count). The minimum Gasteiger partial charge on any atom is -0.492 e. The van der Waals surface area contributed by atoms with E-state index < -0.39 is 40.6 Å². The topological polar surface area (TPSA) is 189 Å². The molecule has 4 aliphatic rings. The number of unbranched alkanes of at least 4 members (excludes halogenated alkanes) is 1.